The summed E-state index contributed by atoms with van der Waals surface area (Å²) in [7, 11) is 0. The smallest absolute Gasteiger partial charge is 0.337 e. The molecule has 0 spiro atoms. The van der Waals surface area contributed by atoms with Crippen molar-refractivity contribution < 1.29 is 19.8 Å². The van der Waals surface area contributed by atoms with Gasteiger partial charge in [-0.25, -0.2) is 4.79 Å². The van der Waals surface area contributed by atoms with Crippen LogP contribution in [0.4, 0.5) is 0 Å². The number of carbonyl (C=O) groups is 2. The van der Waals surface area contributed by atoms with E-state index in [1.807, 2.05) is 13.8 Å². The van der Waals surface area contributed by atoms with Crippen LogP contribution >= 0.6 is 11.5 Å². The Hall–Kier alpha value is -1.54. The Morgan fingerprint density at radius 2 is 2.11 bits per heavy atom. The van der Waals surface area contributed by atoms with Crippen LogP contribution in [0.15, 0.2) is 0 Å². The van der Waals surface area contributed by atoms with Gasteiger partial charge in [0.1, 0.15) is 4.88 Å². The van der Waals surface area contributed by atoms with E-state index in [0.717, 1.165) is 18.5 Å². The molecule has 0 saturated carbocycles. The molecule has 1 rings (SSSR count). The number of hydrogen-bond acceptors (Lipinski definition) is 6. The van der Waals surface area contributed by atoms with Crippen molar-refractivity contribution in [2.45, 2.75) is 32.3 Å². The lowest BCUT2D eigenvalue weighted by atomic mass is 10.1. The minimum atomic E-state index is -1.99. The molecule has 18 heavy (non-hydrogen) atoms. The Labute approximate surface area is 108 Å². The zero-order valence-electron chi connectivity index (χ0n) is 10.3. The van der Waals surface area contributed by atoms with E-state index in [1.54, 1.807) is 0 Å². The highest BCUT2D eigenvalue weighted by atomic mass is 32.1. The van der Waals surface area contributed by atoms with Gasteiger partial charge in [-0.05, 0) is 24.4 Å². The zero-order valence-corrected chi connectivity index (χ0v) is 11.1. The number of aromatic nitrogens is 2. The maximum Gasteiger partial charge on any atom is 0.337 e. The molecule has 0 aliphatic heterocycles. The quantitative estimate of drug-likeness (QED) is 0.707. The highest BCUT2D eigenvalue weighted by molar-refractivity contribution is 7.08. The van der Waals surface area contributed by atoms with Gasteiger partial charge in [-0.3, -0.25) is 4.79 Å². The van der Waals surface area contributed by atoms with Gasteiger partial charge in [0.05, 0.1) is 12.2 Å². The van der Waals surface area contributed by atoms with E-state index >= 15 is 0 Å². The zero-order chi connectivity index (χ0) is 13.9. The predicted octanol–water partition coefficient (Wildman–Crippen LogP) is 0.227. The van der Waals surface area contributed by atoms with Crippen LogP contribution in [0.25, 0.3) is 0 Å². The fourth-order valence-electron chi connectivity index (χ4n) is 1.14. The summed E-state index contributed by atoms with van der Waals surface area (Å²) < 4.78 is 3.70. The average Bonchev–Trinajstić information content (AvgIpc) is 2.74. The lowest BCUT2D eigenvalue weighted by molar-refractivity contribution is -0.155. The van der Waals surface area contributed by atoms with Crippen LogP contribution in [0.3, 0.4) is 0 Å². The van der Waals surface area contributed by atoms with E-state index < -0.39 is 17.5 Å². The van der Waals surface area contributed by atoms with Crippen molar-refractivity contribution in [3.8, 4) is 0 Å². The predicted molar refractivity (Wildman–Crippen MR) is 64.6 cm³/mol. The molecule has 0 aromatic carbocycles. The van der Waals surface area contributed by atoms with Crippen LogP contribution in [0.2, 0.25) is 0 Å². The number of carboxylic acids is 1. The summed E-state index contributed by atoms with van der Waals surface area (Å²) in [6.45, 7) is 4.49. The van der Waals surface area contributed by atoms with Gasteiger partial charge in [0.15, 0.2) is 5.60 Å². The first kappa shape index (κ1) is 14.5. The van der Waals surface area contributed by atoms with Gasteiger partial charge in [0.2, 0.25) is 0 Å². The third-order valence-electron chi connectivity index (χ3n) is 2.32. The van der Waals surface area contributed by atoms with Gasteiger partial charge in [-0.15, -0.1) is 5.10 Å². The molecule has 3 N–H and O–H groups in total. The number of hydrogen-bond donors (Lipinski definition) is 3. The van der Waals surface area contributed by atoms with Gasteiger partial charge in [0.25, 0.3) is 5.91 Å². The molecule has 1 amide bonds. The van der Waals surface area contributed by atoms with Crippen LogP contribution in [0.1, 0.15) is 42.1 Å². The molecular weight excluding hydrogens is 258 g/mol. The third-order valence-corrected chi connectivity index (χ3v) is 3.06. The fraction of sp³-hybridized carbons (Fsp3) is 0.600. The number of nitrogens with one attached hydrogen (secondary N) is 1. The molecule has 0 aliphatic rings. The number of nitrogens with zero attached hydrogens (tertiary/aromatic N) is 2. The molecule has 1 aromatic rings. The molecule has 0 fully saturated rings. The van der Waals surface area contributed by atoms with Crippen molar-refractivity contribution in [1.82, 2.24) is 14.9 Å². The summed E-state index contributed by atoms with van der Waals surface area (Å²) in [5.41, 5.74) is -1.43. The van der Waals surface area contributed by atoms with Crippen LogP contribution in [0.5, 0.6) is 0 Å². The molecule has 1 atom stereocenters. The monoisotopic (exact) mass is 273 g/mol. The third kappa shape index (κ3) is 3.23. The molecule has 8 heteroatoms. The van der Waals surface area contributed by atoms with Gasteiger partial charge < -0.3 is 15.5 Å². The molecule has 1 heterocycles. The number of carbonyl (C=O) groups excluding carboxylic acids is 1. The lowest BCUT2D eigenvalue weighted by Gasteiger charge is -2.18. The van der Waals surface area contributed by atoms with E-state index in [4.69, 9.17) is 5.11 Å². The van der Waals surface area contributed by atoms with E-state index in [-0.39, 0.29) is 12.5 Å². The summed E-state index contributed by atoms with van der Waals surface area (Å²) in [5, 5.41) is 24.4. The molecule has 0 bridgehead atoms. The summed E-state index contributed by atoms with van der Waals surface area (Å²) in [4.78, 5) is 22.8. The molecule has 1 unspecified atom stereocenters. The summed E-state index contributed by atoms with van der Waals surface area (Å²) >= 11 is 0.943. The van der Waals surface area contributed by atoms with Crippen molar-refractivity contribution in [3.05, 3.63) is 10.6 Å². The minimum Gasteiger partial charge on any atom is -0.479 e. The maximum absolute atomic E-state index is 11.8. The van der Waals surface area contributed by atoms with E-state index in [2.05, 4.69) is 14.9 Å². The molecule has 100 valence electrons. The van der Waals surface area contributed by atoms with Crippen LogP contribution in [-0.2, 0) is 4.79 Å². The Balaban J connectivity index is 2.72. The Bertz CT molecular complexity index is 456. The van der Waals surface area contributed by atoms with Crippen molar-refractivity contribution >= 4 is 23.4 Å². The first-order valence-corrected chi connectivity index (χ1v) is 6.09. The molecule has 0 radical (unpaired) electrons. The Morgan fingerprint density at radius 3 is 2.61 bits per heavy atom. The Kier molecular flexibility index (Phi) is 4.36. The van der Waals surface area contributed by atoms with Gasteiger partial charge in [-0.1, -0.05) is 18.3 Å². The number of aliphatic hydroxyl groups is 1. The van der Waals surface area contributed by atoms with Crippen LogP contribution in [-0.4, -0.2) is 43.8 Å². The summed E-state index contributed by atoms with van der Waals surface area (Å²) in [6, 6.07) is 0. The molecular formula is C10H15N3O4S. The minimum absolute atomic E-state index is 0.0458. The largest absolute Gasteiger partial charge is 0.479 e. The first-order chi connectivity index (χ1) is 8.25. The van der Waals surface area contributed by atoms with Gasteiger partial charge in [0, 0.05) is 0 Å². The van der Waals surface area contributed by atoms with E-state index in [0.29, 0.717) is 10.6 Å². The second-order valence-corrected chi connectivity index (χ2v) is 5.16. The van der Waals surface area contributed by atoms with Gasteiger partial charge >= 0.3 is 5.97 Å². The highest BCUT2D eigenvalue weighted by Gasteiger charge is 2.31. The molecule has 0 saturated heterocycles. The SMILES string of the molecule is CC(C)c1nnsc1C(=O)NCC(C)(O)C(=O)O. The molecule has 7 nitrogen and oxygen atoms in total. The normalized spacial score (nSPS) is 14.3. The molecule has 1 aromatic heterocycles. The van der Waals surface area contributed by atoms with Crippen molar-refractivity contribution in [2.75, 3.05) is 6.54 Å². The number of aliphatic carboxylic acids is 1. The number of carboxylic acid groups (broad SMARTS) is 1. The van der Waals surface area contributed by atoms with Crippen molar-refractivity contribution in [1.29, 1.82) is 0 Å². The fourth-order valence-corrected chi connectivity index (χ4v) is 1.88. The number of amides is 1. The van der Waals surface area contributed by atoms with Gasteiger partial charge in [-0.2, -0.15) is 0 Å². The van der Waals surface area contributed by atoms with E-state index in [9.17, 15) is 14.7 Å². The standard InChI is InChI=1S/C10H15N3O4S/c1-5(2)6-7(18-13-12-6)8(14)11-4-10(3,17)9(15)16/h5,17H,4H2,1-3H3,(H,11,14)(H,15,16). The second kappa shape index (κ2) is 5.40. The number of rotatable bonds is 5. The van der Waals surface area contributed by atoms with Crippen LogP contribution < -0.4 is 5.32 Å². The maximum atomic E-state index is 11.8. The summed E-state index contributed by atoms with van der Waals surface area (Å²) in [6.07, 6.45) is 0. The molecule has 0 aliphatic carbocycles. The summed E-state index contributed by atoms with van der Waals surface area (Å²) in [5.74, 6) is -1.82. The van der Waals surface area contributed by atoms with Crippen molar-refractivity contribution in [3.63, 3.8) is 0 Å². The first-order valence-electron chi connectivity index (χ1n) is 5.32. The van der Waals surface area contributed by atoms with E-state index in [1.165, 1.54) is 0 Å². The van der Waals surface area contributed by atoms with Crippen molar-refractivity contribution in [2.24, 2.45) is 0 Å². The lowest BCUT2D eigenvalue weighted by Crippen LogP contribution is -2.46. The Morgan fingerprint density at radius 1 is 1.50 bits per heavy atom. The topological polar surface area (TPSA) is 112 Å². The average molecular weight is 273 g/mol. The van der Waals surface area contributed by atoms with Crippen LogP contribution in [0, 0.1) is 0 Å². The second-order valence-electron chi connectivity index (χ2n) is 4.40. The highest BCUT2D eigenvalue weighted by Crippen LogP contribution is 2.19.